The van der Waals surface area contributed by atoms with Gasteiger partial charge in [-0.2, -0.15) is 5.10 Å². The number of rotatable bonds is 5. The second-order valence-electron chi connectivity index (χ2n) is 8.39. The van der Waals surface area contributed by atoms with Crippen LogP contribution in [-0.4, -0.2) is 25.5 Å². The van der Waals surface area contributed by atoms with E-state index in [1.165, 1.54) is 0 Å². The summed E-state index contributed by atoms with van der Waals surface area (Å²) in [5.74, 6) is -0.0337. The van der Waals surface area contributed by atoms with Crippen LogP contribution in [0.1, 0.15) is 46.7 Å². The highest BCUT2D eigenvalue weighted by atomic mass is 35.5. The summed E-state index contributed by atoms with van der Waals surface area (Å²) < 4.78 is 1.80. The Balaban J connectivity index is 1.71. The largest absolute Gasteiger partial charge is 0.386 e. The number of ketones is 1. The molecule has 0 unspecified atom stereocenters. The topological polar surface area (TPSA) is 67.5 Å². The first kappa shape index (κ1) is 21.2. The quantitative estimate of drug-likeness (QED) is 0.432. The highest BCUT2D eigenvalue weighted by Gasteiger charge is 2.18. The maximum Gasteiger partial charge on any atom is 0.168 e. The van der Waals surface area contributed by atoms with Gasteiger partial charge >= 0.3 is 0 Å². The molecule has 0 bridgehead atoms. The number of carbonyl (C=O) groups is 1. The molecule has 4 rings (SSSR count). The summed E-state index contributed by atoms with van der Waals surface area (Å²) in [6, 6.07) is 16.7. The van der Waals surface area contributed by atoms with Crippen LogP contribution < -0.4 is 0 Å². The van der Waals surface area contributed by atoms with Crippen molar-refractivity contribution in [2.75, 3.05) is 0 Å². The van der Waals surface area contributed by atoms with E-state index in [1.807, 2.05) is 44.2 Å². The maximum atomic E-state index is 12.9. The fourth-order valence-corrected chi connectivity index (χ4v) is 3.69. The molecule has 5 nitrogen and oxygen atoms in total. The molecule has 0 aliphatic heterocycles. The molecule has 0 saturated carbocycles. The van der Waals surface area contributed by atoms with Gasteiger partial charge in [0.2, 0.25) is 0 Å². The molecule has 158 valence electrons. The van der Waals surface area contributed by atoms with Gasteiger partial charge in [-0.05, 0) is 57.0 Å². The average Bonchev–Trinajstić information content (AvgIpc) is 3.09. The summed E-state index contributed by atoms with van der Waals surface area (Å²) in [6.45, 7) is 7.31. The van der Waals surface area contributed by atoms with Crippen LogP contribution in [0.2, 0.25) is 5.02 Å². The van der Waals surface area contributed by atoms with Gasteiger partial charge in [-0.3, -0.25) is 4.79 Å². The third kappa shape index (κ3) is 4.38. The zero-order valence-corrected chi connectivity index (χ0v) is 18.7. The molecule has 31 heavy (non-hydrogen) atoms. The van der Waals surface area contributed by atoms with Crippen molar-refractivity contribution in [1.82, 2.24) is 14.6 Å². The summed E-state index contributed by atoms with van der Waals surface area (Å²) in [7, 11) is 0. The minimum Gasteiger partial charge on any atom is -0.386 e. The van der Waals surface area contributed by atoms with E-state index < -0.39 is 5.60 Å². The van der Waals surface area contributed by atoms with E-state index in [0.717, 1.165) is 28.1 Å². The zero-order valence-electron chi connectivity index (χ0n) is 18.0. The van der Waals surface area contributed by atoms with E-state index in [0.29, 0.717) is 21.9 Å². The van der Waals surface area contributed by atoms with Crippen LogP contribution in [-0.2, 0) is 12.0 Å². The Labute approximate surface area is 186 Å². The lowest BCUT2D eigenvalue weighted by Gasteiger charge is -2.17. The molecule has 1 N–H and O–H groups in total. The Bertz CT molecular complexity index is 1280. The molecule has 0 aliphatic carbocycles. The van der Waals surface area contributed by atoms with Crippen molar-refractivity contribution in [3.8, 4) is 11.3 Å². The average molecular weight is 434 g/mol. The monoisotopic (exact) mass is 433 g/mol. The molecule has 2 aromatic heterocycles. The van der Waals surface area contributed by atoms with Crippen molar-refractivity contribution in [2.24, 2.45) is 0 Å². The van der Waals surface area contributed by atoms with Crippen LogP contribution in [0.5, 0.6) is 0 Å². The first-order chi connectivity index (χ1) is 14.6. The molecular weight excluding hydrogens is 410 g/mol. The molecule has 0 aliphatic rings. The standard InChI is InChI=1S/C25H24ClN3O2/c1-15-11-18(7-10-21(15)26)22-13-20(27-24-12-16(2)28-29(22)24)14-23(30)17-5-8-19(9-6-17)25(3,4)31/h5-13,31H,14H2,1-4H3. The first-order valence-corrected chi connectivity index (χ1v) is 10.5. The van der Waals surface area contributed by atoms with Gasteiger partial charge in [0, 0.05) is 22.2 Å². The van der Waals surface area contributed by atoms with Gasteiger partial charge < -0.3 is 5.11 Å². The Morgan fingerprint density at radius 2 is 1.77 bits per heavy atom. The van der Waals surface area contributed by atoms with Crippen LogP contribution >= 0.6 is 11.6 Å². The van der Waals surface area contributed by atoms with Crippen LogP contribution in [0.15, 0.2) is 54.6 Å². The smallest absolute Gasteiger partial charge is 0.168 e. The number of nitrogens with zero attached hydrogens (tertiary/aromatic N) is 3. The van der Waals surface area contributed by atoms with E-state index in [1.54, 1.807) is 42.6 Å². The summed E-state index contributed by atoms with van der Waals surface area (Å²) in [5.41, 5.74) is 5.41. The molecule has 0 fully saturated rings. The lowest BCUT2D eigenvalue weighted by Crippen LogP contribution is -2.15. The minimum atomic E-state index is -0.945. The molecule has 2 aromatic carbocycles. The highest BCUT2D eigenvalue weighted by molar-refractivity contribution is 6.31. The molecule has 0 atom stereocenters. The lowest BCUT2D eigenvalue weighted by molar-refractivity contribution is 0.0784. The van der Waals surface area contributed by atoms with Gasteiger partial charge in [-0.25, -0.2) is 9.50 Å². The third-order valence-corrected chi connectivity index (χ3v) is 5.74. The SMILES string of the molecule is Cc1cc2nc(CC(=O)c3ccc(C(C)(C)O)cc3)cc(-c3ccc(Cl)c(C)c3)n2n1. The fraction of sp³-hybridized carbons (Fsp3) is 0.240. The number of aliphatic hydroxyl groups is 1. The summed E-state index contributed by atoms with van der Waals surface area (Å²) in [4.78, 5) is 17.6. The number of halogens is 1. The van der Waals surface area contributed by atoms with Gasteiger partial charge in [-0.1, -0.05) is 41.9 Å². The fourth-order valence-electron chi connectivity index (χ4n) is 3.57. The van der Waals surface area contributed by atoms with E-state index in [-0.39, 0.29) is 12.2 Å². The normalized spacial score (nSPS) is 11.8. The van der Waals surface area contributed by atoms with E-state index in [2.05, 4.69) is 10.1 Å². The number of aromatic nitrogens is 3. The number of hydrogen-bond donors (Lipinski definition) is 1. The second-order valence-corrected chi connectivity index (χ2v) is 8.80. The second kappa shape index (κ2) is 7.91. The molecule has 0 saturated heterocycles. The van der Waals surface area contributed by atoms with E-state index in [9.17, 15) is 9.90 Å². The van der Waals surface area contributed by atoms with Crippen molar-refractivity contribution < 1.29 is 9.90 Å². The van der Waals surface area contributed by atoms with Crippen LogP contribution in [0.25, 0.3) is 16.9 Å². The van der Waals surface area contributed by atoms with Crippen LogP contribution in [0.4, 0.5) is 0 Å². The molecular formula is C25H24ClN3O2. The van der Waals surface area contributed by atoms with Crippen LogP contribution in [0, 0.1) is 13.8 Å². The predicted molar refractivity (Wildman–Crippen MR) is 123 cm³/mol. The number of aryl methyl sites for hydroxylation is 2. The predicted octanol–water partition coefficient (Wildman–Crippen LogP) is 5.32. The van der Waals surface area contributed by atoms with E-state index in [4.69, 9.17) is 11.6 Å². The highest BCUT2D eigenvalue weighted by Crippen LogP contribution is 2.27. The maximum absolute atomic E-state index is 12.9. The molecule has 2 heterocycles. The molecule has 6 heteroatoms. The number of hydrogen-bond acceptors (Lipinski definition) is 4. The van der Waals surface area contributed by atoms with Gasteiger partial charge in [0.1, 0.15) is 0 Å². The Hall–Kier alpha value is -3.02. The Kier molecular flexibility index (Phi) is 5.42. The number of benzene rings is 2. The third-order valence-electron chi connectivity index (χ3n) is 5.31. The number of fused-ring (bicyclic) bond motifs is 1. The van der Waals surface area contributed by atoms with Crippen molar-refractivity contribution in [3.63, 3.8) is 0 Å². The number of Topliss-reactive ketones (excluding diaryl/α,β-unsaturated/α-hetero) is 1. The van der Waals surface area contributed by atoms with E-state index >= 15 is 0 Å². The molecule has 4 aromatic rings. The Morgan fingerprint density at radius 3 is 2.42 bits per heavy atom. The zero-order chi connectivity index (χ0) is 22.3. The van der Waals surface area contributed by atoms with Gasteiger partial charge in [0.25, 0.3) is 0 Å². The molecule has 0 spiro atoms. The van der Waals surface area contributed by atoms with Crippen molar-refractivity contribution in [3.05, 3.63) is 87.7 Å². The van der Waals surface area contributed by atoms with Gasteiger partial charge in [0.15, 0.2) is 11.4 Å². The molecule has 0 amide bonds. The minimum absolute atomic E-state index is 0.0337. The summed E-state index contributed by atoms with van der Waals surface area (Å²) >= 11 is 6.20. The van der Waals surface area contributed by atoms with Crippen molar-refractivity contribution in [2.45, 2.75) is 39.7 Å². The molecule has 0 radical (unpaired) electrons. The summed E-state index contributed by atoms with van der Waals surface area (Å²) in [5, 5.41) is 15.4. The van der Waals surface area contributed by atoms with Gasteiger partial charge in [-0.15, -0.1) is 0 Å². The Morgan fingerprint density at radius 1 is 1.06 bits per heavy atom. The first-order valence-electron chi connectivity index (χ1n) is 10.1. The lowest BCUT2D eigenvalue weighted by atomic mass is 9.96. The summed E-state index contributed by atoms with van der Waals surface area (Å²) in [6.07, 6.45) is 0.169. The van der Waals surface area contributed by atoms with Crippen molar-refractivity contribution in [1.29, 1.82) is 0 Å². The van der Waals surface area contributed by atoms with Crippen molar-refractivity contribution >= 4 is 23.0 Å². The van der Waals surface area contributed by atoms with Gasteiger partial charge in [0.05, 0.1) is 29.1 Å². The number of carbonyl (C=O) groups excluding carboxylic acids is 1. The van der Waals surface area contributed by atoms with Crippen LogP contribution in [0.3, 0.4) is 0 Å².